The fraction of sp³-hybridized carbons (Fsp3) is 0. The zero-order chi connectivity index (χ0) is 38.4. The maximum absolute atomic E-state index is 2.48. The number of aromatic nitrogens is 1. The molecule has 10 aromatic carbocycles. The van der Waals surface area contributed by atoms with Gasteiger partial charge in [0.1, 0.15) is 0 Å². The molecule has 0 unspecified atom stereocenters. The minimum absolute atomic E-state index is 1.08. The molecule has 272 valence electrons. The molecular weight excluding hydrogens is 701 g/mol. The molecule has 11 aromatic rings. The third kappa shape index (κ3) is 5.74. The smallest absolute Gasteiger partial charge is 0.0562 e. The molecule has 0 spiro atoms. The molecule has 0 aliphatic heterocycles. The number of para-hydroxylation sites is 2. The van der Waals surface area contributed by atoms with E-state index in [0.29, 0.717) is 0 Å². The zero-order valence-corrected chi connectivity index (χ0v) is 31.8. The van der Waals surface area contributed by atoms with Crippen molar-refractivity contribution in [2.45, 2.75) is 0 Å². The van der Waals surface area contributed by atoms with Crippen molar-refractivity contribution in [3.63, 3.8) is 0 Å². The number of fused-ring (bicyclic) bond motifs is 5. The normalized spacial score (nSPS) is 11.4. The monoisotopic (exact) mass is 738 g/mol. The topological polar surface area (TPSA) is 8.17 Å². The summed E-state index contributed by atoms with van der Waals surface area (Å²) in [6, 6.07) is 83.8. The molecule has 0 radical (unpaired) electrons. The Labute approximate surface area is 338 Å². The van der Waals surface area contributed by atoms with Crippen molar-refractivity contribution in [2.24, 2.45) is 0 Å². The molecule has 0 aliphatic rings. The number of nitrogens with zero attached hydrogens (tertiary/aromatic N) is 2. The molecule has 0 amide bonds. The standard InChI is InChI=1S/C56H38N2/c1-3-16-40(17-4-1)49-25-11-13-28-53(49)57(45-32-30-42(31-33-45)48-27-15-23-39-20-9-10-24-47(39)48)46-34-35-51-50-26-12-14-29-54(50)58(56(51)38-46)55-37-44-22-8-7-21-43(44)36-52(55)41-18-5-2-6-19-41/h1-38H. The van der Waals surface area contributed by atoms with Crippen LogP contribution >= 0.6 is 0 Å². The van der Waals surface area contributed by atoms with Crippen molar-refractivity contribution in [2.75, 3.05) is 4.90 Å². The van der Waals surface area contributed by atoms with Gasteiger partial charge in [-0.3, -0.25) is 0 Å². The average molecular weight is 739 g/mol. The number of anilines is 3. The van der Waals surface area contributed by atoms with E-state index in [1.165, 1.54) is 71.2 Å². The number of hydrogen-bond acceptors (Lipinski definition) is 1. The average Bonchev–Trinajstić information content (AvgIpc) is 3.63. The summed E-state index contributed by atoms with van der Waals surface area (Å²) >= 11 is 0. The Balaban J connectivity index is 1.16. The molecule has 2 nitrogen and oxygen atoms in total. The molecule has 0 saturated heterocycles. The van der Waals surface area contributed by atoms with E-state index < -0.39 is 0 Å². The van der Waals surface area contributed by atoms with Crippen molar-refractivity contribution in [3.05, 3.63) is 231 Å². The van der Waals surface area contributed by atoms with Gasteiger partial charge in [0.2, 0.25) is 0 Å². The van der Waals surface area contributed by atoms with E-state index in [4.69, 9.17) is 0 Å². The first-order valence-corrected chi connectivity index (χ1v) is 19.9. The minimum Gasteiger partial charge on any atom is -0.310 e. The van der Waals surface area contributed by atoms with Gasteiger partial charge in [-0.05, 0) is 92.3 Å². The van der Waals surface area contributed by atoms with Crippen molar-refractivity contribution < 1.29 is 0 Å². The molecule has 0 aliphatic carbocycles. The molecular formula is C56H38N2. The summed E-state index contributed by atoms with van der Waals surface area (Å²) < 4.78 is 2.48. The van der Waals surface area contributed by atoms with Gasteiger partial charge in [0.05, 0.1) is 22.4 Å². The zero-order valence-electron chi connectivity index (χ0n) is 31.8. The van der Waals surface area contributed by atoms with Crippen LogP contribution in [0.5, 0.6) is 0 Å². The Kier molecular flexibility index (Phi) is 8.19. The van der Waals surface area contributed by atoms with Crippen molar-refractivity contribution in [1.29, 1.82) is 0 Å². The lowest BCUT2D eigenvalue weighted by molar-refractivity contribution is 1.18. The molecule has 2 heteroatoms. The Morgan fingerprint density at radius 2 is 0.828 bits per heavy atom. The molecule has 0 fully saturated rings. The SMILES string of the molecule is c1ccc(-c2ccccc2N(c2ccc(-c3cccc4ccccc34)cc2)c2ccc3c4ccccc4n(-c4cc5ccccc5cc4-c4ccccc4)c3c2)cc1. The second-order valence-corrected chi connectivity index (χ2v) is 14.9. The third-order valence-electron chi connectivity index (χ3n) is 11.6. The van der Waals surface area contributed by atoms with E-state index in [1.54, 1.807) is 0 Å². The van der Waals surface area contributed by atoms with Crippen LogP contribution in [0.3, 0.4) is 0 Å². The largest absolute Gasteiger partial charge is 0.310 e. The van der Waals surface area contributed by atoms with Crippen LogP contribution in [-0.2, 0) is 0 Å². The van der Waals surface area contributed by atoms with Crippen LogP contribution in [0, 0.1) is 0 Å². The predicted molar refractivity (Wildman–Crippen MR) is 247 cm³/mol. The van der Waals surface area contributed by atoms with Gasteiger partial charge in [0, 0.05) is 33.3 Å². The van der Waals surface area contributed by atoms with Gasteiger partial charge < -0.3 is 9.47 Å². The predicted octanol–water partition coefficient (Wildman–Crippen LogP) is 15.6. The molecule has 1 aromatic heterocycles. The van der Waals surface area contributed by atoms with Crippen LogP contribution in [0.2, 0.25) is 0 Å². The summed E-state index contributed by atoms with van der Waals surface area (Å²) in [5.74, 6) is 0. The first-order valence-electron chi connectivity index (χ1n) is 19.9. The first-order chi connectivity index (χ1) is 28.8. The highest BCUT2D eigenvalue weighted by Crippen LogP contribution is 2.45. The van der Waals surface area contributed by atoms with Gasteiger partial charge in [-0.25, -0.2) is 0 Å². The maximum Gasteiger partial charge on any atom is 0.0562 e. The van der Waals surface area contributed by atoms with Gasteiger partial charge in [0.15, 0.2) is 0 Å². The van der Waals surface area contributed by atoms with Crippen LogP contribution in [0.25, 0.3) is 82.4 Å². The van der Waals surface area contributed by atoms with E-state index in [1.807, 2.05) is 0 Å². The van der Waals surface area contributed by atoms with Gasteiger partial charge in [0.25, 0.3) is 0 Å². The van der Waals surface area contributed by atoms with Gasteiger partial charge in [-0.2, -0.15) is 0 Å². The van der Waals surface area contributed by atoms with E-state index >= 15 is 0 Å². The molecule has 0 N–H and O–H groups in total. The van der Waals surface area contributed by atoms with Crippen LogP contribution in [0.1, 0.15) is 0 Å². The lowest BCUT2D eigenvalue weighted by Gasteiger charge is -2.28. The molecule has 0 saturated carbocycles. The van der Waals surface area contributed by atoms with Gasteiger partial charge in [-0.15, -0.1) is 0 Å². The summed E-state index contributed by atoms with van der Waals surface area (Å²) in [4.78, 5) is 2.43. The Morgan fingerprint density at radius 3 is 1.60 bits per heavy atom. The minimum atomic E-state index is 1.08. The van der Waals surface area contributed by atoms with Crippen LogP contribution in [-0.4, -0.2) is 4.57 Å². The van der Waals surface area contributed by atoms with E-state index in [2.05, 4.69) is 240 Å². The van der Waals surface area contributed by atoms with Crippen LogP contribution < -0.4 is 4.90 Å². The quantitative estimate of drug-likeness (QED) is 0.158. The molecule has 1 heterocycles. The number of benzene rings is 10. The van der Waals surface area contributed by atoms with Gasteiger partial charge in [-0.1, -0.05) is 182 Å². The second-order valence-electron chi connectivity index (χ2n) is 14.9. The highest BCUT2D eigenvalue weighted by Gasteiger charge is 2.21. The second kappa shape index (κ2) is 14.1. The first kappa shape index (κ1) is 33.6. The third-order valence-corrected chi connectivity index (χ3v) is 11.6. The number of rotatable bonds is 7. The Bertz CT molecular complexity index is 3260. The highest BCUT2D eigenvalue weighted by atomic mass is 15.1. The summed E-state index contributed by atoms with van der Waals surface area (Å²) in [6.45, 7) is 0. The van der Waals surface area contributed by atoms with Crippen LogP contribution in [0.15, 0.2) is 231 Å². The summed E-state index contributed by atoms with van der Waals surface area (Å²) in [7, 11) is 0. The summed E-state index contributed by atoms with van der Waals surface area (Å²) in [5.41, 5.74) is 13.9. The molecule has 58 heavy (non-hydrogen) atoms. The fourth-order valence-electron chi connectivity index (χ4n) is 8.84. The lowest BCUT2D eigenvalue weighted by Crippen LogP contribution is -2.11. The van der Waals surface area contributed by atoms with E-state index in [-0.39, 0.29) is 0 Å². The lowest BCUT2D eigenvalue weighted by atomic mass is 9.97. The van der Waals surface area contributed by atoms with Gasteiger partial charge >= 0.3 is 0 Å². The van der Waals surface area contributed by atoms with Crippen molar-refractivity contribution >= 4 is 60.4 Å². The molecule has 0 bridgehead atoms. The molecule has 0 atom stereocenters. The fourth-order valence-corrected chi connectivity index (χ4v) is 8.84. The van der Waals surface area contributed by atoms with E-state index in [0.717, 1.165) is 28.3 Å². The highest BCUT2D eigenvalue weighted by molar-refractivity contribution is 6.11. The summed E-state index contributed by atoms with van der Waals surface area (Å²) in [5, 5.41) is 7.38. The number of hydrogen-bond donors (Lipinski definition) is 0. The maximum atomic E-state index is 2.48. The van der Waals surface area contributed by atoms with Crippen molar-refractivity contribution in [3.8, 4) is 39.1 Å². The van der Waals surface area contributed by atoms with Crippen molar-refractivity contribution in [1.82, 2.24) is 4.57 Å². The molecule has 11 rings (SSSR count). The van der Waals surface area contributed by atoms with Crippen LogP contribution in [0.4, 0.5) is 17.1 Å². The summed E-state index contributed by atoms with van der Waals surface area (Å²) in [6.07, 6.45) is 0. The Morgan fingerprint density at radius 1 is 0.293 bits per heavy atom. The Hall–Kier alpha value is -7.68. The van der Waals surface area contributed by atoms with E-state index in [9.17, 15) is 0 Å².